The van der Waals surface area contributed by atoms with Gasteiger partial charge >= 0.3 is 0 Å². The Bertz CT molecular complexity index is 878. The monoisotopic (exact) mass is 340 g/mol. The molecule has 3 aromatic rings. The smallest absolute Gasteiger partial charge is 0.256 e. The van der Waals surface area contributed by atoms with Gasteiger partial charge in [-0.05, 0) is 31.0 Å². The van der Waals surface area contributed by atoms with Crippen LogP contribution >= 0.6 is 11.6 Å². The highest BCUT2D eigenvalue weighted by atomic mass is 35.5. The molecule has 122 valence electrons. The summed E-state index contributed by atoms with van der Waals surface area (Å²) in [5.74, 6) is -0.00832. The normalized spacial score (nSPS) is 18.0. The number of piperidine rings is 1. The molecule has 1 fully saturated rings. The van der Waals surface area contributed by atoms with Crippen LogP contribution in [0.15, 0.2) is 49.2 Å². The Kier molecular flexibility index (Phi) is 3.94. The molecular weight excluding hydrogens is 324 g/mol. The number of pyridine rings is 1. The van der Waals surface area contributed by atoms with Crippen molar-refractivity contribution >= 4 is 28.4 Å². The number of likely N-dealkylation sites (tertiary alicyclic amines) is 1. The number of rotatable bonds is 2. The van der Waals surface area contributed by atoms with E-state index < -0.39 is 0 Å². The molecule has 0 aliphatic carbocycles. The summed E-state index contributed by atoms with van der Waals surface area (Å²) in [5.41, 5.74) is 1.28. The van der Waals surface area contributed by atoms with Crippen molar-refractivity contribution in [3.05, 3.63) is 59.8 Å². The van der Waals surface area contributed by atoms with Gasteiger partial charge in [-0.25, -0.2) is 4.98 Å². The van der Waals surface area contributed by atoms with Crippen molar-refractivity contribution in [3.63, 3.8) is 0 Å². The number of imidazole rings is 1. The number of hydrogen-bond donors (Lipinski definition) is 0. The summed E-state index contributed by atoms with van der Waals surface area (Å²) >= 11 is 6.21. The molecule has 0 radical (unpaired) electrons. The summed E-state index contributed by atoms with van der Waals surface area (Å²) in [5, 5.41) is 1.44. The minimum absolute atomic E-state index is 0.00832. The largest absolute Gasteiger partial charge is 0.337 e. The Morgan fingerprint density at radius 1 is 1.29 bits per heavy atom. The molecule has 5 nitrogen and oxygen atoms in total. The van der Waals surface area contributed by atoms with Crippen LogP contribution in [-0.4, -0.2) is 38.4 Å². The van der Waals surface area contributed by atoms with Crippen LogP contribution in [-0.2, 0) is 0 Å². The maximum Gasteiger partial charge on any atom is 0.256 e. The second-order valence-corrected chi connectivity index (χ2v) is 6.52. The predicted octanol–water partition coefficient (Wildman–Crippen LogP) is 3.56. The van der Waals surface area contributed by atoms with E-state index in [9.17, 15) is 4.79 Å². The molecule has 4 rings (SSSR count). The SMILES string of the molecule is O=C(c1cc(Cl)cc2cccnc12)N1CCC[C@H](n2ccnc2)C1. The third kappa shape index (κ3) is 2.76. The summed E-state index contributed by atoms with van der Waals surface area (Å²) in [4.78, 5) is 23.5. The number of carbonyl (C=O) groups is 1. The van der Waals surface area contributed by atoms with Gasteiger partial charge in [0.25, 0.3) is 5.91 Å². The van der Waals surface area contributed by atoms with Crippen LogP contribution in [0.5, 0.6) is 0 Å². The topological polar surface area (TPSA) is 51.0 Å². The first-order chi connectivity index (χ1) is 11.7. The lowest BCUT2D eigenvalue weighted by molar-refractivity contribution is 0.0681. The second kappa shape index (κ2) is 6.24. The van der Waals surface area contributed by atoms with Crippen LogP contribution in [0.1, 0.15) is 29.2 Å². The van der Waals surface area contributed by atoms with Gasteiger partial charge < -0.3 is 9.47 Å². The lowest BCUT2D eigenvalue weighted by Crippen LogP contribution is -2.40. The fourth-order valence-corrected chi connectivity index (χ4v) is 3.58. The number of nitrogens with zero attached hydrogens (tertiary/aromatic N) is 4. The van der Waals surface area contributed by atoms with E-state index in [2.05, 4.69) is 14.5 Å². The van der Waals surface area contributed by atoms with E-state index in [1.54, 1.807) is 18.5 Å². The average molecular weight is 341 g/mol. The summed E-state index contributed by atoms with van der Waals surface area (Å²) in [7, 11) is 0. The first-order valence-corrected chi connectivity index (χ1v) is 8.41. The predicted molar refractivity (Wildman–Crippen MR) is 93.2 cm³/mol. The first-order valence-electron chi connectivity index (χ1n) is 8.03. The molecule has 1 aliphatic rings. The molecule has 1 aromatic carbocycles. The minimum atomic E-state index is -0.00832. The Morgan fingerprint density at radius 3 is 3.04 bits per heavy atom. The molecule has 1 aliphatic heterocycles. The molecule has 1 atom stereocenters. The van der Waals surface area contributed by atoms with E-state index in [1.165, 1.54) is 0 Å². The van der Waals surface area contributed by atoms with Crippen molar-refractivity contribution in [2.45, 2.75) is 18.9 Å². The number of fused-ring (bicyclic) bond motifs is 1. The zero-order valence-corrected chi connectivity index (χ0v) is 13.9. The van der Waals surface area contributed by atoms with Gasteiger partial charge in [0.2, 0.25) is 0 Å². The molecule has 3 heterocycles. The molecule has 0 N–H and O–H groups in total. The molecule has 2 aromatic heterocycles. The molecule has 1 saturated heterocycles. The molecule has 0 saturated carbocycles. The summed E-state index contributed by atoms with van der Waals surface area (Å²) < 4.78 is 2.08. The van der Waals surface area contributed by atoms with E-state index in [1.807, 2.05) is 35.6 Å². The fraction of sp³-hybridized carbons (Fsp3) is 0.278. The lowest BCUT2D eigenvalue weighted by atomic mass is 10.0. The molecule has 24 heavy (non-hydrogen) atoms. The van der Waals surface area contributed by atoms with Crippen LogP contribution in [0.2, 0.25) is 5.02 Å². The molecular formula is C18H17ClN4O. The number of hydrogen-bond acceptors (Lipinski definition) is 3. The van der Waals surface area contributed by atoms with Gasteiger partial charge in [-0.2, -0.15) is 0 Å². The number of carbonyl (C=O) groups excluding carboxylic acids is 1. The van der Waals surface area contributed by atoms with Crippen molar-refractivity contribution < 1.29 is 4.79 Å². The van der Waals surface area contributed by atoms with Gasteiger partial charge in [0.15, 0.2) is 0 Å². The van der Waals surface area contributed by atoms with Crippen molar-refractivity contribution in [3.8, 4) is 0 Å². The summed E-state index contributed by atoms with van der Waals surface area (Å²) in [6, 6.07) is 7.60. The Hall–Kier alpha value is -2.40. The van der Waals surface area contributed by atoms with E-state index in [0.29, 0.717) is 22.6 Å². The number of halogens is 1. The third-order valence-electron chi connectivity index (χ3n) is 4.53. The van der Waals surface area contributed by atoms with Crippen LogP contribution in [0.3, 0.4) is 0 Å². The van der Waals surface area contributed by atoms with Crippen molar-refractivity contribution in [1.29, 1.82) is 0 Å². The van der Waals surface area contributed by atoms with E-state index in [0.717, 1.165) is 24.8 Å². The zero-order chi connectivity index (χ0) is 16.5. The first kappa shape index (κ1) is 15.1. The van der Waals surface area contributed by atoms with Gasteiger partial charge in [0.05, 0.1) is 23.4 Å². The maximum atomic E-state index is 13.1. The van der Waals surface area contributed by atoms with Crippen molar-refractivity contribution in [2.24, 2.45) is 0 Å². The van der Waals surface area contributed by atoms with Crippen molar-refractivity contribution in [1.82, 2.24) is 19.4 Å². The quantitative estimate of drug-likeness (QED) is 0.716. The minimum Gasteiger partial charge on any atom is -0.337 e. The van der Waals surface area contributed by atoms with Gasteiger partial charge in [-0.1, -0.05) is 17.7 Å². The Morgan fingerprint density at radius 2 is 2.21 bits per heavy atom. The van der Waals surface area contributed by atoms with E-state index >= 15 is 0 Å². The third-order valence-corrected chi connectivity index (χ3v) is 4.75. The molecule has 1 amide bonds. The van der Waals surface area contributed by atoms with Crippen LogP contribution in [0.25, 0.3) is 10.9 Å². The molecule has 0 unspecified atom stereocenters. The zero-order valence-electron chi connectivity index (χ0n) is 13.1. The highest BCUT2D eigenvalue weighted by Crippen LogP contribution is 2.27. The van der Waals surface area contributed by atoms with Crippen molar-refractivity contribution in [2.75, 3.05) is 13.1 Å². The number of amides is 1. The van der Waals surface area contributed by atoms with Crippen LogP contribution in [0.4, 0.5) is 0 Å². The summed E-state index contributed by atoms with van der Waals surface area (Å²) in [6.07, 6.45) is 9.27. The second-order valence-electron chi connectivity index (χ2n) is 6.09. The van der Waals surface area contributed by atoms with E-state index in [4.69, 9.17) is 11.6 Å². The van der Waals surface area contributed by atoms with Gasteiger partial charge in [-0.3, -0.25) is 9.78 Å². The van der Waals surface area contributed by atoms with Crippen LogP contribution in [0, 0.1) is 0 Å². The van der Waals surface area contributed by atoms with Crippen LogP contribution < -0.4 is 0 Å². The Labute approximate surface area is 144 Å². The molecule has 0 bridgehead atoms. The standard InChI is InChI=1S/C18H17ClN4O/c19-14-9-13-3-1-5-21-17(13)16(10-14)18(24)22-7-2-4-15(11-22)23-8-6-20-12-23/h1,3,5-6,8-10,12,15H,2,4,7,11H2/t15-/m0/s1. The van der Waals surface area contributed by atoms with E-state index in [-0.39, 0.29) is 11.9 Å². The molecule has 6 heteroatoms. The average Bonchev–Trinajstić information content (AvgIpc) is 3.15. The highest BCUT2D eigenvalue weighted by Gasteiger charge is 2.26. The Balaban J connectivity index is 1.66. The molecule has 0 spiro atoms. The maximum absolute atomic E-state index is 13.1. The highest BCUT2D eigenvalue weighted by molar-refractivity contribution is 6.32. The van der Waals surface area contributed by atoms with Gasteiger partial charge in [-0.15, -0.1) is 0 Å². The lowest BCUT2D eigenvalue weighted by Gasteiger charge is -2.33. The summed E-state index contributed by atoms with van der Waals surface area (Å²) in [6.45, 7) is 1.43. The number of benzene rings is 1. The van der Waals surface area contributed by atoms with Gasteiger partial charge in [0, 0.05) is 42.1 Å². The number of aromatic nitrogens is 3. The van der Waals surface area contributed by atoms with Gasteiger partial charge in [0.1, 0.15) is 0 Å². The fourth-order valence-electron chi connectivity index (χ4n) is 3.36.